The highest BCUT2D eigenvalue weighted by molar-refractivity contribution is 5.80. The Morgan fingerprint density at radius 2 is 2.00 bits per heavy atom. The standard InChI is InChI=1S/C22H22FN5O/c1-15-19(13-28(2)27-15)12-25-11-18-8-17-5-6-20(23)9-21(17)26-22(18)29-14-16-4-3-7-24-10-16/h3-10,13,25H,11-12,14H2,1-2H3. The van der Waals surface area contributed by atoms with Gasteiger partial charge >= 0.3 is 0 Å². The summed E-state index contributed by atoms with van der Waals surface area (Å²) in [6, 6.07) is 10.4. The van der Waals surface area contributed by atoms with Crippen molar-refractivity contribution in [3.05, 3.63) is 83.2 Å². The van der Waals surface area contributed by atoms with Gasteiger partial charge in [0.25, 0.3) is 0 Å². The molecule has 29 heavy (non-hydrogen) atoms. The predicted molar refractivity (Wildman–Crippen MR) is 109 cm³/mol. The molecule has 6 nitrogen and oxygen atoms in total. The summed E-state index contributed by atoms with van der Waals surface area (Å²) in [4.78, 5) is 8.66. The van der Waals surface area contributed by atoms with E-state index >= 15 is 0 Å². The zero-order chi connectivity index (χ0) is 20.2. The summed E-state index contributed by atoms with van der Waals surface area (Å²) in [6.07, 6.45) is 5.48. The molecule has 0 radical (unpaired) electrons. The van der Waals surface area contributed by atoms with Crippen molar-refractivity contribution in [2.45, 2.75) is 26.6 Å². The van der Waals surface area contributed by atoms with Crippen LogP contribution in [0.2, 0.25) is 0 Å². The van der Waals surface area contributed by atoms with Crippen LogP contribution in [0.1, 0.15) is 22.4 Å². The highest BCUT2D eigenvalue weighted by Gasteiger charge is 2.11. The van der Waals surface area contributed by atoms with Crippen LogP contribution >= 0.6 is 0 Å². The summed E-state index contributed by atoms with van der Waals surface area (Å²) in [5.74, 6) is 0.170. The van der Waals surface area contributed by atoms with E-state index in [0.29, 0.717) is 31.1 Å². The second kappa shape index (κ2) is 8.36. The van der Waals surface area contributed by atoms with Gasteiger partial charge in [-0.05, 0) is 31.2 Å². The van der Waals surface area contributed by atoms with Crippen LogP contribution < -0.4 is 10.1 Å². The van der Waals surface area contributed by atoms with Crippen molar-refractivity contribution >= 4 is 10.9 Å². The third-order valence-corrected chi connectivity index (χ3v) is 4.66. The molecular formula is C22H22FN5O. The third-order valence-electron chi connectivity index (χ3n) is 4.66. The van der Waals surface area contributed by atoms with E-state index in [4.69, 9.17) is 4.74 Å². The molecule has 1 aromatic carbocycles. The molecule has 0 saturated heterocycles. The Balaban J connectivity index is 1.56. The van der Waals surface area contributed by atoms with Crippen LogP contribution in [0.15, 0.2) is 55.0 Å². The molecule has 3 aromatic heterocycles. The first-order chi connectivity index (χ1) is 14.1. The van der Waals surface area contributed by atoms with Gasteiger partial charge in [-0.2, -0.15) is 5.10 Å². The molecule has 0 unspecified atom stereocenters. The fourth-order valence-corrected chi connectivity index (χ4v) is 3.21. The Morgan fingerprint density at radius 3 is 2.76 bits per heavy atom. The van der Waals surface area contributed by atoms with Crippen molar-refractivity contribution in [2.24, 2.45) is 7.05 Å². The lowest BCUT2D eigenvalue weighted by atomic mass is 10.1. The topological polar surface area (TPSA) is 64.9 Å². The Labute approximate surface area is 168 Å². The number of aromatic nitrogens is 4. The average Bonchev–Trinajstić information content (AvgIpc) is 3.04. The average molecular weight is 391 g/mol. The van der Waals surface area contributed by atoms with Crippen molar-refractivity contribution in [3.63, 3.8) is 0 Å². The van der Waals surface area contributed by atoms with Crippen LogP contribution in [-0.4, -0.2) is 19.7 Å². The van der Waals surface area contributed by atoms with Gasteiger partial charge < -0.3 is 10.1 Å². The number of nitrogens with zero attached hydrogens (tertiary/aromatic N) is 4. The van der Waals surface area contributed by atoms with Gasteiger partial charge in [0, 0.05) is 66.9 Å². The van der Waals surface area contributed by atoms with Gasteiger partial charge in [-0.3, -0.25) is 9.67 Å². The van der Waals surface area contributed by atoms with Crippen molar-refractivity contribution in [3.8, 4) is 5.88 Å². The number of hydrogen-bond acceptors (Lipinski definition) is 5. The summed E-state index contributed by atoms with van der Waals surface area (Å²) in [5.41, 5.74) is 4.56. The number of hydrogen-bond donors (Lipinski definition) is 1. The van der Waals surface area contributed by atoms with E-state index in [2.05, 4.69) is 20.4 Å². The third kappa shape index (κ3) is 4.57. The zero-order valence-electron chi connectivity index (χ0n) is 16.4. The van der Waals surface area contributed by atoms with Crippen LogP contribution in [-0.2, 0) is 26.7 Å². The molecule has 0 aliphatic rings. The summed E-state index contributed by atoms with van der Waals surface area (Å²) in [5, 5.41) is 8.66. The van der Waals surface area contributed by atoms with Crippen molar-refractivity contribution in [1.82, 2.24) is 25.1 Å². The molecule has 0 spiro atoms. The van der Waals surface area contributed by atoms with E-state index < -0.39 is 0 Å². The van der Waals surface area contributed by atoms with Crippen LogP contribution in [0, 0.1) is 12.7 Å². The molecule has 0 bridgehead atoms. The van der Waals surface area contributed by atoms with Crippen LogP contribution in [0.5, 0.6) is 5.88 Å². The van der Waals surface area contributed by atoms with E-state index in [1.165, 1.54) is 12.1 Å². The Morgan fingerprint density at radius 1 is 1.14 bits per heavy atom. The fraction of sp³-hybridized carbons (Fsp3) is 0.227. The molecule has 0 saturated carbocycles. The number of pyridine rings is 2. The maximum absolute atomic E-state index is 13.6. The smallest absolute Gasteiger partial charge is 0.218 e. The number of nitrogens with one attached hydrogen (secondary N) is 1. The van der Waals surface area contributed by atoms with Gasteiger partial charge in [0.15, 0.2) is 0 Å². The number of halogens is 1. The number of benzene rings is 1. The summed E-state index contributed by atoms with van der Waals surface area (Å²) >= 11 is 0. The van der Waals surface area contributed by atoms with Gasteiger partial charge in [-0.25, -0.2) is 9.37 Å². The molecule has 0 fully saturated rings. The second-order valence-corrected chi connectivity index (χ2v) is 6.96. The van der Waals surface area contributed by atoms with E-state index in [9.17, 15) is 4.39 Å². The minimum absolute atomic E-state index is 0.318. The minimum Gasteiger partial charge on any atom is -0.472 e. The lowest BCUT2D eigenvalue weighted by Crippen LogP contribution is -2.14. The van der Waals surface area contributed by atoms with E-state index in [0.717, 1.165) is 27.8 Å². The van der Waals surface area contributed by atoms with Crippen molar-refractivity contribution in [1.29, 1.82) is 0 Å². The highest BCUT2D eigenvalue weighted by Crippen LogP contribution is 2.24. The number of fused-ring (bicyclic) bond motifs is 1. The number of ether oxygens (including phenoxy) is 1. The van der Waals surface area contributed by atoms with Gasteiger partial charge in [0.2, 0.25) is 5.88 Å². The minimum atomic E-state index is -0.318. The maximum Gasteiger partial charge on any atom is 0.218 e. The zero-order valence-corrected chi connectivity index (χ0v) is 16.4. The molecule has 4 rings (SSSR count). The monoisotopic (exact) mass is 391 g/mol. The van der Waals surface area contributed by atoms with Crippen LogP contribution in [0.3, 0.4) is 0 Å². The van der Waals surface area contributed by atoms with Crippen LogP contribution in [0.4, 0.5) is 4.39 Å². The first-order valence-electron chi connectivity index (χ1n) is 9.39. The summed E-state index contributed by atoms with van der Waals surface area (Å²) < 4.78 is 21.4. The number of aryl methyl sites for hydroxylation is 2. The molecule has 0 aliphatic heterocycles. The van der Waals surface area contributed by atoms with Gasteiger partial charge in [0.1, 0.15) is 12.4 Å². The van der Waals surface area contributed by atoms with E-state index in [-0.39, 0.29) is 5.82 Å². The predicted octanol–water partition coefficient (Wildman–Crippen LogP) is 3.68. The SMILES string of the molecule is Cc1nn(C)cc1CNCc1cc2ccc(F)cc2nc1OCc1cccnc1. The van der Waals surface area contributed by atoms with Gasteiger partial charge in [0.05, 0.1) is 11.2 Å². The molecular weight excluding hydrogens is 369 g/mol. The number of rotatable bonds is 7. The molecule has 3 heterocycles. The Bertz CT molecular complexity index is 1130. The first-order valence-corrected chi connectivity index (χ1v) is 9.39. The molecule has 7 heteroatoms. The summed E-state index contributed by atoms with van der Waals surface area (Å²) in [6.45, 7) is 3.59. The van der Waals surface area contributed by atoms with E-state index in [1.54, 1.807) is 23.1 Å². The van der Waals surface area contributed by atoms with Gasteiger partial charge in [-0.15, -0.1) is 0 Å². The highest BCUT2D eigenvalue weighted by atomic mass is 19.1. The first kappa shape index (κ1) is 19.0. The molecule has 148 valence electrons. The Hall–Kier alpha value is -3.32. The lowest BCUT2D eigenvalue weighted by molar-refractivity contribution is 0.290. The van der Waals surface area contributed by atoms with Crippen molar-refractivity contribution in [2.75, 3.05) is 0 Å². The fourth-order valence-electron chi connectivity index (χ4n) is 3.21. The van der Waals surface area contributed by atoms with Gasteiger partial charge in [-0.1, -0.05) is 6.07 Å². The van der Waals surface area contributed by atoms with Crippen molar-refractivity contribution < 1.29 is 9.13 Å². The quantitative estimate of drug-likeness (QED) is 0.521. The van der Waals surface area contributed by atoms with E-state index in [1.807, 2.05) is 38.4 Å². The normalized spacial score (nSPS) is 11.1. The molecule has 4 aromatic rings. The summed E-state index contributed by atoms with van der Waals surface area (Å²) in [7, 11) is 1.91. The lowest BCUT2D eigenvalue weighted by Gasteiger charge is -2.13. The molecule has 0 atom stereocenters. The molecule has 0 amide bonds. The second-order valence-electron chi connectivity index (χ2n) is 6.96. The maximum atomic E-state index is 13.6. The molecule has 0 aliphatic carbocycles. The Kier molecular flexibility index (Phi) is 5.48. The molecule has 1 N–H and O–H groups in total. The van der Waals surface area contributed by atoms with Crippen LogP contribution in [0.25, 0.3) is 10.9 Å². The largest absolute Gasteiger partial charge is 0.472 e.